The number of fused-ring (bicyclic) bond motifs is 1. The molecule has 0 aromatic heterocycles. The Hall–Kier alpha value is -1.50. The van der Waals surface area contributed by atoms with Gasteiger partial charge in [-0.15, -0.1) is 5.06 Å². The molecule has 0 atom stereocenters. The van der Waals surface area contributed by atoms with E-state index >= 15 is 0 Å². The lowest BCUT2D eigenvalue weighted by Crippen LogP contribution is -2.51. The molecule has 1 heterocycles. The number of nitrogens with zero attached hydrogens (tertiary/aromatic N) is 1. The Bertz CT molecular complexity index is 628. The van der Waals surface area contributed by atoms with E-state index in [1.165, 1.54) is 0 Å². The summed E-state index contributed by atoms with van der Waals surface area (Å²) >= 11 is 0. The Labute approximate surface area is 144 Å². The number of hydrogen-bond donors (Lipinski definition) is 0. The summed E-state index contributed by atoms with van der Waals surface area (Å²) < 4.78 is 6.37. The predicted molar refractivity (Wildman–Crippen MR) is 91.9 cm³/mol. The summed E-state index contributed by atoms with van der Waals surface area (Å²) in [5.74, 6) is -0.772. The number of hydroxylamine groups is 2. The van der Waals surface area contributed by atoms with E-state index < -0.39 is 9.04 Å². The molecule has 2 aliphatic rings. The van der Waals surface area contributed by atoms with Gasteiger partial charge in [-0.1, -0.05) is 32.9 Å². The summed E-state index contributed by atoms with van der Waals surface area (Å²) in [6.45, 7) is 8.94. The van der Waals surface area contributed by atoms with E-state index in [0.29, 0.717) is 11.1 Å². The molecule has 3 rings (SSSR count). The maximum Gasteiger partial charge on any atom is 0.285 e. The summed E-state index contributed by atoms with van der Waals surface area (Å²) in [5.41, 5.74) is 0.452. The van der Waals surface area contributed by atoms with Crippen molar-refractivity contribution < 1.29 is 18.9 Å². The first-order valence-electron chi connectivity index (χ1n) is 8.37. The number of benzene rings is 1. The van der Waals surface area contributed by atoms with Crippen molar-refractivity contribution in [2.45, 2.75) is 57.2 Å². The van der Waals surface area contributed by atoms with Crippen molar-refractivity contribution >= 4 is 20.9 Å². The van der Waals surface area contributed by atoms with Gasteiger partial charge in [0.1, 0.15) is 6.61 Å². The molecule has 0 bridgehead atoms. The van der Waals surface area contributed by atoms with Gasteiger partial charge >= 0.3 is 0 Å². The van der Waals surface area contributed by atoms with Gasteiger partial charge in [-0.25, -0.2) is 0 Å². The van der Waals surface area contributed by atoms with E-state index in [1.807, 2.05) is 0 Å². The van der Waals surface area contributed by atoms with Crippen LogP contribution in [0.3, 0.4) is 0 Å². The van der Waals surface area contributed by atoms with Gasteiger partial charge in [0.25, 0.3) is 11.8 Å². The van der Waals surface area contributed by atoms with Gasteiger partial charge in [-0.3, -0.25) is 14.4 Å². The number of carbonyl (C=O) groups is 2. The highest BCUT2D eigenvalue weighted by atomic mass is 28.3. The molecule has 1 aliphatic carbocycles. The second kappa shape index (κ2) is 6.09. The zero-order chi connectivity index (χ0) is 17.5. The minimum Gasteiger partial charge on any atom is -0.408 e. The zero-order valence-corrected chi connectivity index (χ0v) is 15.7. The highest BCUT2D eigenvalue weighted by Gasteiger charge is 2.45. The molecule has 0 N–H and O–H groups in total. The van der Waals surface area contributed by atoms with Crippen molar-refractivity contribution in [1.29, 1.82) is 0 Å². The average Bonchev–Trinajstić information content (AvgIpc) is 2.73. The van der Waals surface area contributed by atoms with Crippen LogP contribution in [0.1, 0.15) is 60.7 Å². The predicted octanol–water partition coefficient (Wildman–Crippen LogP) is 3.57. The van der Waals surface area contributed by atoms with Crippen LogP contribution in [-0.2, 0) is 9.26 Å². The van der Waals surface area contributed by atoms with Crippen molar-refractivity contribution in [1.82, 2.24) is 5.06 Å². The SMILES string of the molecule is C[Si](OC1(CON2C(=O)c3ccccc3C2=O)CCC1)C(C)(C)C. The molecular weight excluding hydrogens is 322 g/mol. The van der Waals surface area contributed by atoms with Crippen LogP contribution in [0.25, 0.3) is 0 Å². The van der Waals surface area contributed by atoms with Gasteiger partial charge in [-0.2, -0.15) is 0 Å². The fraction of sp³-hybridized carbons (Fsp3) is 0.556. The first kappa shape index (κ1) is 17.3. The molecule has 129 valence electrons. The smallest absolute Gasteiger partial charge is 0.285 e. The third-order valence-electron chi connectivity index (χ3n) is 4.90. The maximum absolute atomic E-state index is 12.4. The van der Waals surface area contributed by atoms with Crippen LogP contribution >= 0.6 is 0 Å². The third kappa shape index (κ3) is 3.06. The van der Waals surface area contributed by atoms with E-state index in [0.717, 1.165) is 24.3 Å². The summed E-state index contributed by atoms with van der Waals surface area (Å²) in [7, 11) is -1.02. The third-order valence-corrected chi connectivity index (χ3v) is 7.76. The lowest BCUT2D eigenvalue weighted by molar-refractivity contribution is -0.161. The molecule has 1 saturated carbocycles. The fourth-order valence-electron chi connectivity index (χ4n) is 2.79. The highest BCUT2D eigenvalue weighted by Crippen LogP contribution is 2.40. The van der Waals surface area contributed by atoms with Crippen molar-refractivity contribution in [3.8, 4) is 0 Å². The van der Waals surface area contributed by atoms with Crippen molar-refractivity contribution in [2.75, 3.05) is 6.61 Å². The molecule has 1 aromatic carbocycles. The molecule has 1 radical (unpaired) electrons. The van der Waals surface area contributed by atoms with Crippen LogP contribution in [0, 0.1) is 0 Å². The number of rotatable bonds is 5. The molecular formula is C18H24NO4Si. The molecule has 1 aliphatic heterocycles. The molecule has 1 aromatic rings. The first-order chi connectivity index (χ1) is 11.2. The molecule has 0 unspecified atom stereocenters. The number of hydrogen-bond acceptors (Lipinski definition) is 4. The van der Waals surface area contributed by atoms with Crippen LogP contribution in [0.15, 0.2) is 24.3 Å². The molecule has 5 nitrogen and oxygen atoms in total. The van der Waals surface area contributed by atoms with Crippen molar-refractivity contribution in [3.05, 3.63) is 35.4 Å². The second-order valence-corrected chi connectivity index (χ2v) is 10.5. The van der Waals surface area contributed by atoms with E-state index in [9.17, 15) is 9.59 Å². The zero-order valence-electron chi connectivity index (χ0n) is 14.7. The standard InChI is InChI=1S/C18H24NO4Si/c1-17(2,3)24(4)23-18(10-7-11-18)12-22-19-15(20)13-8-5-6-9-14(13)16(19)21/h5-6,8-9H,7,10-12H2,1-4H3. The van der Waals surface area contributed by atoms with E-state index in [-0.39, 0.29) is 29.1 Å². The van der Waals surface area contributed by atoms with E-state index in [1.54, 1.807) is 24.3 Å². The number of carbonyl (C=O) groups excluding carboxylic acids is 2. The minimum absolute atomic E-state index is 0.128. The Morgan fingerprint density at radius 3 is 2.08 bits per heavy atom. The van der Waals surface area contributed by atoms with E-state index in [4.69, 9.17) is 9.26 Å². The lowest BCUT2D eigenvalue weighted by Gasteiger charge is -2.45. The Kier molecular flexibility index (Phi) is 4.40. The van der Waals surface area contributed by atoms with Gasteiger partial charge in [-0.05, 0) is 43.0 Å². The topological polar surface area (TPSA) is 55.8 Å². The van der Waals surface area contributed by atoms with Gasteiger partial charge < -0.3 is 4.43 Å². The molecule has 0 spiro atoms. The maximum atomic E-state index is 12.4. The molecule has 24 heavy (non-hydrogen) atoms. The Morgan fingerprint density at radius 1 is 1.12 bits per heavy atom. The quantitative estimate of drug-likeness (QED) is 0.604. The second-order valence-electron chi connectivity index (χ2n) is 7.67. The van der Waals surface area contributed by atoms with Crippen LogP contribution in [0.2, 0.25) is 11.6 Å². The molecule has 2 amide bonds. The monoisotopic (exact) mass is 346 g/mol. The minimum atomic E-state index is -1.02. The molecule has 1 fully saturated rings. The molecule has 0 saturated heterocycles. The summed E-state index contributed by atoms with van der Waals surface area (Å²) in [4.78, 5) is 30.4. The summed E-state index contributed by atoms with van der Waals surface area (Å²) in [6, 6.07) is 6.81. The van der Waals surface area contributed by atoms with Gasteiger partial charge in [0, 0.05) is 0 Å². The van der Waals surface area contributed by atoms with Gasteiger partial charge in [0.05, 0.1) is 16.7 Å². The largest absolute Gasteiger partial charge is 0.408 e. The molecule has 6 heteroatoms. The lowest BCUT2D eigenvalue weighted by atomic mass is 9.81. The van der Waals surface area contributed by atoms with Crippen LogP contribution in [0.5, 0.6) is 0 Å². The van der Waals surface area contributed by atoms with Crippen LogP contribution in [-0.4, -0.2) is 38.1 Å². The number of amides is 2. The average molecular weight is 346 g/mol. The van der Waals surface area contributed by atoms with E-state index in [2.05, 4.69) is 27.3 Å². The summed E-state index contributed by atoms with van der Waals surface area (Å²) in [5, 5.41) is 1.02. The van der Waals surface area contributed by atoms with Crippen molar-refractivity contribution in [3.63, 3.8) is 0 Å². The van der Waals surface area contributed by atoms with Gasteiger partial charge in [0.2, 0.25) is 9.04 Å². The Morgan fingerprint density at radius 2 is 1.67 bits per heavy atom. The van der Waals surface area contributed by atoms with Crippen LogP contribution in [0.4, 0.5) is 0 Å². The Balaban J connectivity index is 1.67. The first-order valence-corrected chi connectivity index (χ1v) is 10.3. The normalized spacial score (nSPS) is 19.6. The van der Waals surface area contributed by atoms with Crippen LogP contribution < -0.4 is 0 Å². The number of imide groups is 1. The summed E-state index contributed by atoms with van der Waals surface area (Å²) in [6.07, 6.45) is 2.91. The van der Waals surface area contributed by atoms with Gasteiger partial charge in [0.15, 0.2) is 0 Å². The highest BCUT2D eigenvalue weighted by molar-refractivity contribution is 6.53. The fourth-order valence-corrected chi connectivity index (χ4v) is 4.01. The van der Waals surface area contributed by atoms with Crippen molar-refractivity contribution in [2.24, 2.45) is 0 Å².